The summed E-state index contributed by atoms with van der Waals surface area (Å²) in [4.78, 5) is 0. The zero-order valence-corrected chi connectivity index (χ0v) is 9.06. The number of allylic oxidation sites excluding steroid dienone is 9. The van der Waals surface area contributed by atoms with Gasteiger partial charge in [0.15, 0.2) is 0 Å². The first kappa shape index (κ1) is 12.2. The van der Waals surface area contributed by atoms with Crippen LogP contribution in [-0.2, 0) is 0 Å². The molecule has 0 atom stereocenters. The Labute approximate surface area is 94.4 Å². The van der Waals surface area contributed by atoms with Gasteiger partial charge in [0.2, 0.25) is 0 Å². The Morgan fingerprint density at radius 1 is 1.50 bits per heavy atom. The quantitative estimate of drug-likeness (QED) is 0.482. The predicted molar refractivity (Wildman–Crippen MR) is 62.8 cm³/mol. The summed E-state index contributed by atoms with van der Waals surface area (Å²) in [6.07, 6.45) is 11.5. The van der Waals surface area contributed by atoms with Gasteiger partial charge in [0, 0.05) is 11.6 Å². The Morgan fingerprint density at radius 2 is 2.19 bits per heavy atom. The van der Waals surface area contributed by atoms with E-state index in [2.05, 4.69) is 12.5 Å². The van der Waals surface area contributed by atoms with Crippen LogP contribution in [0.1, 0.15) is 13.3 Å². The molecule has 0 spiro atoms. The molecule has 0 heterocycles. The second kappa shape index (κ2) is 5.27. The van der Waals surface area contributed by atoms with Crippen molar-refractivity contribution in [3.63, 3.8) is 0 Å². The smallest absolute Gasteiger partial charge is 0.126 e. The Balaban J connectivity index is 2.97. The molecule has 1 rings (SSSR count). The second-order valence-electron chi connectivity index (χ2n) is 3.61. The topological polar surface area (TPSA) is 0 Å². The van der Waals surface area contributed by atoms with Crippen molar-refractivity contribution in [2.24, 2.45) is 0 Å². The molecule has 0 amide bonds. The van der Waals surface area contributed by atoms with E-state index in [1.807, 2.05) is 13.0 Å². The van der Waals surface area contributed by atoms with Gasteiger partial charge in [-0.1, -0.05) is 18.1 Å². The van der Waals surface area contributed by atoms with E-state index in [-0.39, 0.29) is 0 Å². The molecule has 0 radical (unpaired) electrons. The van der Waals surface area contributed by atoms with Crippen molar-refractivity contribution in [2.45, 2.75) is 13.3 Å². The molecule has 0 saturated carbocycles. The highest BCUT2D eigenvalue weighted by molar-refractivity contribution is 5.49. The summed E-state index contributed by atoms with van der Waals surface area (Å²) < 4.78 is 25.5. The Bertz CT molecular complexity index is 465. The minimum atomic E-state index is -0.807. The third-order valence-electron chi connectivity index (χ3n) is 2.01. The van der Waals surface area contributed by atoms with Crippen molar-refractivity contribution in [1.29, 1.82) is 0 Å². The van der Waals surface area contributed by atoms with Crippen LogP contribution in [0.3, 0.4) is 0 Å². The predicted octanol–water partition coefficient (Wildman–Crippen LogP) is 4.16. The Hall–Kier alpha value is -1.88. The van der Waals surface area contributed by atoms with Gasteiger partial charge in [-0.05, 0) is 37.1 Å². The lowest BCUT2D eigenvalue weighted by Crippen LogP contribution is -1.92. The average Bonchev–Trinajstić information content (AvgIpc) is 2.14. The number of hydrogen-bond donors (Lipinski definition) is 0. The highest BCUT2D eigenvalue weighted by atomic mass is 19.1. The standard InChI is InChI=1S/C14H12F2/c1-4-12-5-10(2)6-13(8-12)9-14(16)7-11(3)15/h1,5,7-9H,3,6H2,2H3/b13-9+,14-7+. The molecule has 0 unspecified atom stereocenters. The van der Waals surface area contributed by atoms with Crippen LogP contribution in [0.5, 0.6) is 0 Å². The fraction of sp³-hybridized carbons (Fsp3) is 0.143. The normalized spacial score (nSPS) is 18.9. The van der Waals surface area contributed by atoms with Gasteiger partial charge < -0.3 is 0 Å². The van der Waals surface area contributed by atoms with E-state index in [0.717, 1.165) is 17.2 Å². The maximum absolute atomic E-state index is 13.2. The van der Waals surface area contributed by atoms with Gasteiger partial charge in [-0.3, -0.25) is 0 Å². The fourth-order valence-electron chi connectivity index (χ4n) is 1.48. The van der Waals surface area contributed by atoms with E-state index in [1.54, 1.807) is 6.08 Å². The minimum absolute atomic E-state index is 0.616. The Morgan fingerprint density at radius 3 is 2.75 bits per heavy atom. The van der Waals surface area contributed by atoms with Gasteiger partial charge >= 0.3 is 0 Å². The molecule has 2 heteroatoms. The van der Waals surface area contributed by atoms with Crippen LogP contribution in [0.2, 0.25) is 0 Å². The lowest BCUT2D eigenvalue weighted by molar-refractivity contribution is 0.632. The highest BCUT2D eigenvalue weighted by Crippen LogP contribution is 2.23. The molecule has 82 valence electrons. The van der Waals surface area contributed by atoms with Crippen molar-refractivity contribution < 1.29 is 8.78 Å². The summed E-state index contributed by atoms with van der Waals surface area (Å²) in [5.74, 6) is 1.02. The third kappa shape index (κ3) is 3.70. The van der Waals surface area contributed by atoms with Crippen molar-refractivity contribution in [3.8, 4) is 12.3 Å². The molecule has 1 aliphatic carbocycles. The minimum Gasteiger partial charge on any atom is -0.208 e. The summed E-state index contributed by atoms with van der Waals surface area (Å²) >= 11 is 0. The SMILES string of the molecule is C#CC1=C/C(=C/C(F)=C\C(=C)F)CC(C)=C1. The van der Waals surface area contributed by atoms with Crippen LogP contribution in [0, 0.1) is 12.3 Å². The molecule has 0 N–H and O–H groups in total. The molecule has 0 saturated heterocycles. The maximum Gasteiger partial charge on any atom is 0.126 e. The molecule has 0 fully saturated rings. The van der Waals surface area contributed by atoms with E-state index in [1.165, 1.54) is 6.08 Å². The molecule has 0 aromatic heterocycles. The first-order chi connectivity index (χ1) is 7.51. The zero-order chi connectivity index (χ0) is 12.1. The van der Waals surface area contributed by atoms with Crippen LogP contribution in [0.25, 0.3) is 0 Å². The van der Waals surface area contributed by atoms with Crippen molar-refractivity contribution in [2.75, 3.05) is 0 Å². The van der Waals surface area contributed by atoms with E-state index in [4.69, 9.17) is 6.42 Å². The van der Waals surface area contributed by atoms with Crippen molar-refractivity contribution >= 4 is 0 Å². The van der Waals surface area contributed by atoms with Gasteiger partial charge in [-0.15, -0.1) is 6.42 Å². The fourth-order valence-corrected chi connectivity index (χ4v) is 1.48. The van der Waals surface area contributed by atoms with Gasteiger partial charge in [-0.25, -0.2) is 8.78 Å². The zero-order valence-electron chi connectivity index (χ0n) is 9.06. The second-order valence-corrected chi connectivity index (χ2v) is 3.61. The molecular weight excluding hydrogens is 206 g/mol. The number of rotatable bonds is 2. The van der Waals surface area contributed by atoms with E-state index in [0.29, 0.717) is 12.0 Å². The van der Waals surface area contributed by atoms with Gasteiger partial charge in [-0.2, -0.15) is 0 Å². The monoisotopic (exact) mass is 218 g/mol. The van der Waals surface area contributed by atoms with Gasteiger partial charge in [0.25, 0.3) is 0 Å². The summed E-state index contributed by atoms with van der Waals surface area (Å²) in [7, 11) is 0. The summed E-state index contributed by atoms with van der Waals surface area (Å²) in [5, 5.41) is 0. The maximum atomic E-state index is 13.2. The van der Waals surface area contributed by atoms with Crippen molar-refractivity contribution in [1.82, 2.24) is 0 Å². The molecule has 0 aromatic rings. The van der Waals surface area contributed by atoms with Gasteiger partial charge in [0.1, 0.15) is 11.7 Å². The lowest BCUT2D eigenvalue weighted by Gasteiger charge is -2.09. The summed E-state index contributed by atoms with van der Waals surface area (Å²) in [6, 6.07) is 0. The van der Waals surface area contributed by atoms with Crippen molar-refractivity contribution in [3.05, 3.63) is 59.3 Å². The van der Waals surface area contributed by atoms with Crippen LogP contribution in [0.15, 0.2) is 59.3 Å². The number of hydrogen-bond acceptors (Lipinski definition) is 0. The van der Waals surface area contributed by atoms with Crippen LogP contribution >= 0.6 is 0 Å². The first-order valence-corrected chi connectivity index (χ1v) is 4.79. The average molecular weight is 218 g/mol. The Kier molecular flexibility index (Phi) is 4.02. The first-order valence-electron chi connectivity index (χ1n) is 4.79. The molecule has 16 heavy (non-hydrogen) atoms. The molecule has 0 aromatic carbocycles. The van der Waals surface area contributed by atoms with Crippen LogP contribution in [-0.4, -0.2) is 0 Å². The summed E-state index contributed by atoms with van der Waals surface area (Å²) in [6.45, 7) is 4.87. The lowest BCUT2D eigenvalue weighted by atomic mass is 9.96. The molecule has 1 aliphatic rings. The number of halogens is 2. The van der Waals surface area contributed by atoms with Crippen LogP contribution < -0.4 is 0 Å². The van der Waals surface area contributed by atoms with Gasteiger partial charge in [0.05, 0.1) is 0 Å². The third-order valence-corrected chi connectivity index (χ3v) is 2.01. The molecule has 0 aliphatic heterocycles. The molecule has 0 bridgehead atoms. The largest absolute Gasteiger partial charge is 0.208 e. The molecule has 0 nitrogen and oxygen atoms in total. The molecular formula is C14H12F2. The van der Waals surface area contributed by atoms with E-state index in [9.17, 15) is 8.78 Å². The highest BCUT2D eigenvalue weighted by Gasteiger charge is 2.05. The van der Waals surface area contributed by atoms with E-state index < -0.39 is 11.7 Å². The van der Waals surface area contributed by atoms with E-state index >= 15 is 0 Å². The number of terminal acetylenes is 1. The summed E-state index contributed by atoms with van der Waals surface area (Å²) in [5.41, 5.74) is 2.47. The van der Waals surface area contributed by atoms with Crippen LogP contribution in [0.4, 0.5) is 8.78 Å².